The molecule has 8 nitrogen and oxygen atoms in total. The maximum atomic E-state index is 10.8. The molecule has 2 aromatic heterocycles. The van der Waals surface area contributed by atoms with E-state index < -0.39 is 0 Å². The van der Waals surface area contributed by atoms with Crippen LogP contribution in [0.5, 0.6) is 0 Å². The molecule has 2 amide bonds. The number of hydrogen-bond acceptors (Lipinski definition) is 6. The number of nitrogens with one attached hydrogen (secondary N) is 2. The van der Waals surface area contributed by atoms with Gasteiger partial charge < -0.3 is 22.1 Å². The van der Waals surface area contributed by atoms with Gasteiger partial charge in [0.1, 0.15) is 0 Å². The zero-order valence-electron chi connectivity index (χ0n) is 29.3. The van der Waals surface area contributed by atoms with Crippen molar-refractivity contribution in [3.8, 4) is 22.3 Å². The Morgan fingerprint density at radius 2 is 0.731 bits per heavy atom. The largest absolute Gasteiger partial charge is 0.352 e. The Balaban J connectivity index is 0.000000191. The Morgan fingerprint density at radius 3 is 1.04 bits per heavy atom. The minimum Gasteiger partial charge on any atom is -0.352 e. The van der Waals surface area contributed by atoms with E-state index in [1.807, 2.05) is 97.1 Å². The van der Waals surface area contributed by atoms with Gasteiger partial charge in [-0.2, -0.15) is 0 Å². The smallest absolute Gasteiger partial charge is 0.217 e. The number of nitrogens with two attached hydrogens (primary N) is 2. The summed E-state index contributed by atoms with van der Waals surface area (Å²) in [5.74, 6) is -0.0128. The van der Waals surface area contributed by atoms with Crippen LogP contribution < -0.4 is 22.1 Å². The van der Waals surface area contributed by atoms with E-state index in [4.69, 9.17) is 11.5 Å². The summed E-state index contributed by atoms with van der Waals surface area (Å²) in [6.07, 6.45) is 7.15. The van der Waals surface area contributed by atoms with Crippen LogP contribution in [-0.2, 0) is 35.8 Å². The standard InChI is InChI=1S/C14H14N2O.C12H12N2.C9H10BrNO.C7H8BrN/c1-11(17)16-10-12-2-4-13(5-3-12)14-6-8-15-9-7-14;13-9-10-1-3-11(4-2-10)12-5-7-14-8-6-12;1-7(12)11-6-8-2-4-9(10)5-3-8;8-7-3-1-6(5-9)2-4-7/h2-9H,10H2,1H3,(H,16,17);1-8H,9,13H2;2-5H,6H2,1H3,(H,11,12);1-4H,5,9H2. The average molecular weight is 825 g/mol. The van der Waals surface area contributed by atoms with E-state index in [1.54, 1.807) is 24.8 Å². The monoisotopic (exact) mass is 822 g/mol. The third-order valence-electron chi connectivity index (χ3n) is 7.32. The van der Waals surface area contributed by atoms with Gasteiger partial charge in [0.15, 0.2) is 0 Å². The van der Waals surface area contributed by atoms with Gasteiger partial charge in [0.05, 0.1) is 0 Å². The highest BCUT2D eigenvalue weighted by Crippen LogP contribution is 2.19. The first-order valence-corrected chi connectivity index (χ1v) is 18.1. The highest BCUT2D eigenvalue weighted by molar-refractivity contribution is 9.10. The predicted molar refractivity (Wildman–Crippen MR) is 218 cm³/mol. The highest BCUT2D eigenvalue weighted by atomic mass is 79.9. The molecule has 0 radical (unpaired) electrons. The van der Waals surface area contributed by atoms with Crippen molar-refractivity contribution in [3.05, 3.63) is 177 Å². The third-order valence-corrected chi connectivity index (χ3v) is 8.37. The van der Waals surface area contributed by atoms with Crippen LogP contribution in [0.1, 0.15) is 36.1 Å². The maximum Gasteiger partial charge on any atom is 0.217 e. The normalized spacial score (nSPS) is 9.81. The quantitative estimate of drug-likeness (QED) is 0.122. The fourth-order valence-corrected chi connectivity index (χ4v) is 4.94. The Hall–Kier alpha value is -5.00. The zero-order chi connectivity index (χ0) is 37.6. The fraction of sp³-hybridized carbons (Fsp3) is 0.143. The molecular formula is C42H44Br2N6O2. The summed E-state index contributed by atoms with van der Waals surface area (Å²) in [6, 6.07) is 40.2. The van der Waals surface area contributed by atoms with Crippen molar-refractivity contribution < 1.29 is 9.59 Å². The summed E-state index contributed by atoms with van der Waals surface area (Å²) >= 11 is 6.67. The maximum absolute atomic E-state index is 10.8. The van der Waals surface area contributed by atoms with Gasteiger partial charge in [0.25, 0.3) is 0 Å². The number of halogens is 2. The van der Waals surface area contributed by atoms with Crippen LogP contribution in [0, 0.1) is 0 Å². The number of hydrogen-bond donors (Lipinski definition) is 4. The predicted octanol–water partition coefficient (Wildman–Crippen LogP) is 8.59. The number of nitrogens with zero attached hydrogens (tertiary/aromatic N) is 2. The number of carbonyl (C=O) groups excluding carboxylic acids is 2. The Morgan fingerprint density at radius 1 is 0.462 bits per heavy atom. The Labute approximate surface area is 323 Å². The lowest BCUT2D eigenvalue weighted by Crippen LogP contribution is -2.18. The topological polar surface area (TPSA) is 136 Å². The summed E-state index contributed by atoms with van der Waals surface area (Å²) in [5, 5.41) is 5.50. The zero-order valence-corrected chi connectivity index (χ0v) is 32.5. The van der Waals surface area contributed by atoms with E-state index in [0.717, 1.165) is 36.8 Å². The Bertz CT molecular complexity index is 1890. The molecule has 0 aliphatic rings. The lowest BCUT2D eigenvalue weighted by atomic mass is 10.1. The molecule has 6 aromatic rings. The molecule has 0 atom stereocenters. The second-order valence-electron chi connectivity index (χ2n) is 11.3. The van der Waals surface area contributed by atoms with Crippen LogP contribution in [-0.4, -0.2) is 21.8 Å². The number of aromatic nitrogens is 2. The van der Waals surface area contributed by atoms with Crippen molar-refractivity contribution >= 4 is 43.7 Å². The molecule has 52 heavy (non-hydrogen) atoms. The van der Waals surface area contributed by atoms with E-state index in [9.17, 15) is 9.59 Å². The average Bonchev–Trinajstić information content (AvgIpc) is 3.19. The summed E-state index contributed by atoms with van der Waals surface area (Å²) in [5.41, 5.74) is 20.1. The third kappa shape index (κ3) is 16.3. The molecule has 4 aromatic carbocycles. The van der Waals surface area contributed by atoms with Crippen molar-refractivity contribution in [2.24, 2.45) is 11.5 Å². The second-order valence-corrected chi connectivity index (χ2v) is 13.2. The molecular weight excluding hydrogens is 780 g/mol. The van der Waals surface area contributed by atoms with Crippen LogP contribution >= 0.6 is 31.9 Å². The molecule has 10 heteroatoms. The SMILES string of the molecule is CC(=O)NCc1ccc(-c2ccncc2)cc1.CC(=O)NCc1ccc(Br)cc1.NCc1ccc(-c2ccncc2)cc1.NCc1ccc(Br)cc1. The van der Waals surface area contributed by atoms with Gasteiger partial charge in [0.2, 0.25) is 11.8 Å². The first kappa shape index (κ1) is 41.4. The number of rotatable bonds is 8. The summed E-state index contributed by atoms with van der Waals surface area (Å²) < 4.78 is 2.15. The van der Waals surface area contributed by atoms with Gasteiger partial charge in [-0.3, -0.25) is 19.6 Å². The van der Waals surface area contributed by atoms with Crippen LogP contribution in [0.15, 0.2) is 155 Å². The minimum absolute atomic E-state index is 0.00193. The second kappa shape index (κ2) is 23.5. The lowest BCUT2D eigenvalue weighted by molar-refractivity contribution is -0.120. The molecule has 6 rings (SSSR count). The van der Waals surface area contributed by atoms with E-state index in [1.165, 1.54) is 30.5 Å². The van der Waals surface area contributed by atoms with Gasteiger partial charge in [-0.15, -0.1) is 0 Å². The molecule has 0 bridgehead atoms. The fourth-order valence-electron chi connectivity index (χ4n) is 4.41. The Kier molecular flexibility index (Phi) is 18.7. The number of benzene rings is 4. The van der Waals surface area contributed by atoms with Crippen LogP contribution in [0.4, 0.5) is 0 Å². The molecule has 0 aliphatic carbocycles. The molecule has 0 saturated carbocycles. The first-order chi connectivity index (χ1) is 25.2. The number of amides is 2. The van der Waals surface area contributed by atoms with E-state index in [0.29, 0.717) is 26.2 Å². The van der Waals surface area contributed by atoms with Gasteiger partial charge in [0, 0.05) is 73.8 Å². The minimum atomic E-state index is -0.0109. The van der Waals surface area contributed by atoms with Gasteiger partial charge in [-0.1, -0.05) is 105 Å². The molecule has 0 spiro atoms. The molecule has 6 N–H and O–H groups in total. The molecule has 0 aliphatic heterocycles. The number of pyridine rings is 2. The van der Waals surface area contributed by atoms with Gasteiger partial charge in [-0.05, 0) is 93.0 Å². The van der Waals surface area contributed by atoms with E-state index in [2.05, 4.69) is 76.7 Å². The van der Waals surface area contributed by atoms with Crippen molar-refractivity contribution in [1.82, 2.24) is 20.6 Å². The van der Waals surface area contributed by atoms with Crippen LogP contribution in [0.2, 0.25) is 0 Å². The summed E-state index contributed by atoms with van der Waals surface area (Å²) in [6.45, 7) is 5.42. The summed E-state index contributed by atoms with van der Waals surface area (Å²) in [7, 11) is 0. The molecule has 0 unspecified atom stereocenters. The molecule has 0 fully saturated rings. The summed E-state index contributed by atoms with van der Waals surface area (Å²) in [4.78, 5) is 29.3. The van der Waals surface area contributed by atoms with Crippen molar-refractivity contribution in [3.63, 3.8) is 0 Å². The van der Waals surface area contributed by atoms with Gasteiger partial charge in [-0.25, -0.2) is 0 Å². The van der Waals surface area contributed by atoms with Crippen molar-refractivity contribution in [2.75, 3.05) is 0 Å². The van der Waals surface area contributed by atoms with Crippen LogP contribution in [0.3, 0.4) is 0 Å². The van der Waals surface area contributed by atoms with Gasteiger partial charge >= 0.3 is 0 Å². The number of carbonyl (C=O) groups is 2. The molecule has 2 heterocycles. The van der Waals surface area contributed by atoms with E-state index in [-0.39, 0.29) is 11.8 Å². The first-order valence-electron chi connectivity index (χ1n) is 16.5. The van der Waals surface area contributed by atoms with Crippen LogP contribution in [0.25, 0.3) is 22.3 Å². The molecule has 0 saturated heterocycles. The van der Waals surface area contributed by atoms with Crippen molar-refractivity contribution in [2.45, 2.75) is 40.0 Å². The lowest BCUT2D eigenvalue weighted by Gasteiger charge is -2.04. The molecule has 268 valence electrons. The van der Waals surface area contributed by atoms with E-state index >= 15 is 0 Å². The highest BCUT2D eigenvalue weighted by Gasteiger charge is 1.99. The van der Waals surface area contributed by atoms with Crippen molar-refractivity contribution in [1.29, 1.82) is 0 Å².